The third kappa shape index (κ3) is 3.47. The van der Waals surface area contributed by atoms with Crippen LogP contribution in [0.2, 0.25) is 0 Å². The first kappa shape index (κ1) is 17.3. The summed E-state index contributed by atoms with van der Waals surface area (Å²) in [4.78, 5) is 14.8. The molecule has 1 aliphatic heterocycles. The van der Waals surface area contributed by atoms with Gasteiger partial charge in [-0.3, -0.25) is 4.79 Å². The topological polar surface area (TPSA) is 53.6 Å². The predicted octanol–water partition coefficient (Wildman–Crippen LogP) is 2.36. The lowest BCUT2D eigenvalue weighted by molar-refractivity contribution is -0.127. The highest BCUT2D eigenvalue weighted by Crippen LogP contribution is 2.33. The Morgan fingerprint density at radius 3 is 2.57 bits per heavy atom. The first-order chi connectivity index (χ1) is 11.0. The molecule has 124 valence electrons. The lowest BCUT2D eigenvalue weighted by Crippen LogP contribution is -2.47. The average molecular weight is 333 g/mol. The van der Waals surface area contributed by atoms with Crippen molar-refractivity contribution in [3.63, 3.8) is 0 Å². The zero-order valence-corrected chi connectivity index (χ0v) is 14.8. The lowest BCUT2D eigenvalue weighted by Gasteiger charge is -2.33. The van der Waals surface area contributed by atoms with Crippen LogP contribution in [-0.4, -0.2) is 36.1 Å². The van der Waals surface area contributed by atoms with Gasteiger partial charge in [-0.05, 0) is 39.1 Å². The van der Waals surface area contributed by atoms with Crippen LogP contribution in [0.1, 0.15) is 32.4 Å². The normalized spacial score (nSPS) is 17.4. The van der Waals surface area contributed by atoms with Gasteiger partial charge in [-0.15, -0.1) is 0 Å². The molecular weight excluding hydrogens is 310 g/mol. The van der Waals surface area contributed by atoms with E-state index in [0.717, 1.165) is 17.0 Å². The van der Waals surface area contributed by atoms with E-state index < -0.39 is 0 Å². The van der Waals surface area contributed by atoms with Crippen LogP contribution in [0.4, 0.5) is 0 Å². The zero-order valence-electron chi connectivity index (χ0n) is 14.0. The van der Waals surface area contributed by atoms with Crippen molar-refractivity contribution in [2.24, 2.45) is 0 Å². The van der Waals surface area contributed by atoms with Gasteiger partial charge in [-0.2, -0.15) is 0 Å². The molecule has 1 unspecified atom stereocenters. The molecule has 0 fully saturated rings. The van der Waals surface area contributed by atoms with Crippen molar-refractivity contribution in [1.29, 1.82) is 0 Å². The summed E-state index contributed by atoms with van der Waals surface area (Å²) in [7, 11) is 1.63. The number of benzene rings is 1. The van der Waals surface area contributed by atoms with Crippen molar-refractivity contribution in [1.82, 2.24) is 15.5 Å². The van der Waals surface area contributed by atoms with Crippen molar-refractivity contribution in [2.45, 2.75) is 26.8 Å². The maximum Gasteiger partial charge on any atom is 0.253 e. The van der Waals surface area contributed by atoms with Crippen LogP contribution < -0.4 is 15.4 Å². The Balaban J connectivity index is 2.52. The molecule has 0 aliphatic carbocycles. The summed E-state index contributed by atoms with van der Waals surface area (Å²) >= 11 is 5.28. The SMILES string of the molecule is CCN(CC)C(=O)C1=C(C)NC(=S)NC1c1ccccc1OC. The quantitative estimate of drug-likeness (QED) is 0.810. The van der Waals surface area contributed by atoms with E-state index >= 15 is 0 Å². The molecule has 0 spiro atoms. The molecule has 23 heavy (non-hydrogen) atoms. The number of carbonyl (C=O) groups excluding carboxylic acids is 1. The maximum absolute atomic E-state index is 13.0. The number of ether oxygens (including phenoxy) is 1. The lowest BCUT2D eigenvalue weighted by atomic mass is 9.93. The predicted molar refractivity (Wildman–Crippen MR) is 95.2 cm³/mol. The van der Waals surface area contributed by atoms with Gasteiger partial charge in [0, 0.05) is 24.4 Å². The van der Waals surface area contributed by atoms with Gasteiger partial charge in [0.15, 0.2) is 5.11 Å². The van der Waals surface area contributed by atoms with Crippen LogP contribution in [0.5, 0.6) is 5.75 Å². The molecule has 1 atom stereocenters. The number of nitrogens with one attached hydrogen (secondary N) is 2. The van der Waals surface area contributed by atoms with Gasteiger partial charge in [-0.1, -0.05) is 18.2 Å². The van der Waals surface area contributed by atoms with Gasteiger partial charge >= 0.3 is 0 Å². The number of para-hydroxylation sites is 1. The van der Waals surface area contributed by atoms with E-state index in [9.17, 15) is 4.79 Å². The molecule has 0 saturated carbocycles. The van der Waals surface area contributed by atoms with Gasteiger partial charge < -0.3 is 20.3 Å². The number of hydrogen-bond acceptors (Lipinski definition) is 3. The summed E-state index contributed by atoms with van der Waals surface area (Å²) in [5.41, 5.74) is 2.35. The van der Waals surface area contributed by atoms with Gasteiger partial charge in [0.05, 0.1) is 18.7 Å². The Morgan fingerprint density at radius 2 is 1.96 bits per heavy atom. The van der Waals surface area contributed by atoms with Crippen LogP contribution in [0.25, 0.3) is 0 Å². The molecule has 0 aromatic heterocycles. The van der Waals surface area contributed by atoms with Crippen LogP contribution in [0.15, 0.2) is 35.5 Å². The second-order valence-corrected chi connectivity index (χ2v) is 5.70. The Hall–Kier alpha value is -2.08. The summed E-state index contributed by atoms with van der Waals surface area (Å²) < 4.78 is 5.46. The fourth-order valence-corrected chi connectivity index (χ4v) is 3.07. The van der Waals surface area contributed by atoms with Gasteiger partial charge in [0.1, 0.15) is 5.75 Å². The maximum atomic E-state index is 13.0. The molecule has 1 amide bonds. The van der Waals surface area contributed by atoms with Crippen LogP contribution in [0, 0.1) is 0 Å². The summed E-state index contributed by atoms with van der Waals surface area (Å²) in [5.74, 6) is 0.734. The van der Waals surface area contributed by atoms with Crippen LogP contribution in [-0.2, 0) is 4.79 Å². The number of carbonyl (C=O) groups is 1. The van der Waals surface area contributed by atoms with Gasteiger partial charge in [-0.25, -0.2) is 0 Å². The number of rotatable bonds is 5. The molecule has 6 heteroatoms. The highest BCUT2D eigenvalue weighted by atomic mass is 32.1. The standard InChI is InChI=1S/C17H23N3O2S/c1-5-20(6-2)16(21)14-11(3)18-17(23)19-15(14)12-9-7-8-10-13(12)22-4/h7-10,15H,5-6H2,1-4H3,(H2,18,19,23). The first-order valence-corrected chi connectivity index (χ1v) is 8.14. The van der Waals surface area contributed by atoms with E-state index in [4.69, 9.17) is 17.0 Å². The van der Waals surface area contributed by atoms with E-state index in [2.05, 4.69) is 10.6 Å². The fraction of sp³-hybridized carbons (Fsp3) is 0.412. The van der Waals surface area contributed by atoms with Crippen molar-refractivity contribution < 1.29 is 9.53 Å². The highest BCUT2D eigenvalue weighted by molar-refractivity contribution is 7.80. The summed E-state index contributed by atoms with van der Waals surface area (Å²) in [6.07, 6.45) is 0. The number of likely N-dealkylation sites (N-methyl/N-ethyl adjacent to an activating group) is 1. The number of allylic oxidation sites excluding steroid dienone is 1. The van der Waals surface area contributed by atoms with Crippen molar-refractivity contribution in [2.75, 3.05) is 20.2 Å². The first-order valence-electron chi connectivity index (χ1n) is 7.73. The number of amides is 1. The molecule has 1 heterocycles. The average Bonchev–Trinajstić information content (AvgIpc) is 2.55. The van der Waals surface area contributed by atoms with Crippen molar-refractivity contribution in [3.8, 4) is 5.75 Å². The summed E-state index contributed by atoms with van der Waals surface area (Å²) in [6.45, 7) is 7.16. The molecule has 0 bridgehead atoms. The molecule has 1 aromatic carbocycles. The van der Waals surface area contributed by atoms with E-state index in [1.165, 1.54) is 0 Å². The van der Waals surface area contributed by atoms with E-state index in [-0.39, 0.29) is 11.9 Å². The fourth-order valence-electron chi connectivity index (χ4n) is 2.80. The number of hydrogen-bond donors (Lipinski definition) is 2. The van der Waals surface area contributed by atoms with E-state index in [1.807, 2.05) is 45.0 Å². The Bertz CT molecular complexity index is 638. The molecular formula is C17H23N3O2S. The summed E-state index contributed by atoms with van der Waals surface area (Å²) in [6, 6.07) is 7.35. The van der Waals surface area contributed by atoms with Crippen molar-refractivity contribution in [3.05, 3.63) is 41.1 Å². The van der Waals surface area contributed by atoms with Crippen LogP contribution >= 0.6 is 12.2 Å². The minimum atomic E-state index is -0.326. The minimum absolute atomic E-state index is 0.00547. The Kier molecular flexibility index (Phi) is 5.60. The molecule has 1 aromatic rings. The Morgan fingerprint density at radius 1 is 1.30 bits per heavy atom. The van der Waals surface area contributed by atoms with Crippen LogP contribution in [0.3, 0.4) is 0 Å². The molecule has 2 N–H and O–H groups in total. The molecule has 1 aliphatic rings. The molecule has 5 nitrogen and oxygen atoms in total. The van der Waals surface area contributed by atoms with Gasteiger partial charge in [0.2, 0.25) is 0 Å². The Labute approximate surface area is 142 Å². The van der Waals surface area contributed by atoms with Crippen molar-refractivity contribution >= 4 is 23.2 Å². The number of methoxy groups -OCH3 is 1. The largest absolute Gasteiger partial charge is 0.496 e. The second kappa shape index (κ2) is 7.46. The third-order valence-corrected chi connectivity index (χ3v) is 4.22. The molecule has 0 radical (unpaired) electrons. The number of nitrogens with zero attached hydrogens (tertiary/aromatic N) is 1. The zero-order chi connectivity index (χ0) is 17.0. The number of thiocarbonyl (C=S) groups is 1. The molecule has 2 rings (SSSR count). The minimum Gasteiger partial charge on any atom is -0.496 e. The highest BCUT2D eigenvalue weighted by Gasteiger charge is 2.33. The smallest absolute Gasteiger partial charge is 0.253 e. The monoisotopic (exact) mass is 333 g/mol. The van der Waals surface area contributed by atoms with E-state index in [0.29, 0.717) is 23.8 Å². The van der Waals surface area contributed by atoms with Gasteiger partial charge in [0.25, 0.3) is 5.91 Å². The van der Waals surface area contributed by atoms with E-state index in [1.54, 1.807) is 12.0 Å². The third-order valence-electron chi connectivity index (χ3n) is 4.00. The second-order valence-electron chi connectivity index (χ2n) is 5.29. The molecule has 0 saturated heterocycles. The summed E-state index contributed by atoms with van der Waals surface area (Å²) in [5, 5.41) is 6.78.